The molecule has 0 radical (unpaired) electrons. The SMILES string of the molecule is C=C1CCc2c(c3cc(F)ccc3n2CCCCCC(=O)O)C1=O. The molecule has 5 heteroatoms. The molecule has 1 aliphatic carbocycles. The highest BCUT2D eigenvalue weighted by atomic mass is 19.1. The minimum atomic E-state index is -0.779. The fraction of sp³-hybridized carbons (Fsp3) is 0.368. The van der Waals surface area contributed by atoms with Crippen molar-refractivity contribution in [2.24, 2.45) is 0 Å². The Labute approximate surface area is 139 Å². The average molecular weight is 329 g/mol. The highest BCUT2D eigenvalue weighted by Gasteiger charge is 2.28. The molecular weight excluding hydrogens is 309 g/mol. The van der Waals surface area contributed by atoms with Gasteiger partial charge in [-0.25, -0.2) is 4.39 Å². The molecule has 1 heterocycles. The van der Waals surface area contributed by atoms with Crippen LogP contribution in [0.25, 0.3) is 10.9 Å². The largest absolute Gasteiger partial charge is 0.481 e. The lowest BCUT2D eigenvalue weighted by molar-refractivity contribution is -0.137. The first kappa shape index (κ1) is 16.4. The lowest BCUT2D eigenvalue weighted by atomic mass is 9.91. The maximum atomic E-state index is 13.7. The van der Waals surface area contributed by atoms with E-state index in [-0.39, 0.29) is 18.0 Å². The average Bonchev–Trinajstić information content (AvgIpc) is 2.84. The normalized spacial score (nSPS) is 14.2. The molecule has 0 amide bonds. The molecule has 0 atom stereocenters. The van der Waals surface area contributed by atoms with Crippen molar-refractivity contribution < 1.29 is 19.1 Å². The van der Waals surface area contributed by atoms with Gasteiger partial charge in [-0.15, -0.1) is 0 Å². The molecule has 126 valence electrons. The number of carboxylic acids is 1. The number of aromatic nitrogens is 1. The summed E-state index contributed by atoms with van der Waals surface area (Å²) >= 11 is 0. The Morgan fingerprint density at radius 2 is 2.04 bits per heavy atom. The van der Waals surface area contributed by atoms with Crippen molar-refractivity contribution in [1.29, 1.82) is 0 Å². The second-order valence-corrected chi connectivity index (χ2v) is 6.27. The van der Waals surface area contributed by atoms with Gasteiger partial charge in [0.25, 0.3) is 0 Å². The predicted molar refractivity (Wildman–Crippen MR) is 89.8 cm³/mol. The molecule has 0 saturated heterocycles. The third-order valence-corrected chi connectivity index (χ3v) is 4.62. The number of ketones is 1. The molecule has 0 bridgehead atoms. The van der Waals surface area contributed by atoms with Gasteiger partial charge in [0.05, 0.1) is 5.56 Å². The summed E-state index contributed by atoms with van der Waals surface area (Å²) in [6.45, 7) is 4.53. The first-order valence-corrected chi connectivity index (χ1v) is 8.24. The highest BCUT2D eigenvalue weighted by Crippen LogP contribution is 2.34. The highest BCUT2D eigenvalue weighted by molar-refractivity contribution is 6.18. The van der Waals surface area contributed by atoms with Gasteiger partial charge < -0.3 is 9.67 Å². The first-order valence-electron chi connectivity index (χ1n) is 8.24. The van der Waals surface area contributed by atoms with E-state index in [1.165, 1.54) is 12.1 Å². The van der Waals surface area contributed by atoms with Gasteiger partial charge in [0.1, 0.15) is 5.82 Å². The summed E-state index contributed by atoms with van der Waals surface area (Å²) in [5.41, 5.74) is 2.98. The Morgan fingerprint density at radius 3 is 2.79 bits per heavy atom. The maximum Gasteiger partial charge on any atom is 0.303 e. The minimum Gasteiger partial charge on any atom is -0.481 e. The van der Waals surface area contributed by atoms with Crippen LogP contribution in [-0.4, -0.2) is 21.4 Å². The monoisotopic (exact) mass is 329 g/mol. The number of aliphatic carboxylic acids is 1. The summed E-state index contributed by atoms with van der Waals surface area (Å²) < 4.78 is 15.8. The van der Waals surface area contributed by atoms with Crippen LogP contribution in [0.4, 0.5) is 4.39 Å². The zero-order chi connectivity index (χ0) is 17.3. The van der Waals surface area contributed by atoms with E-state index in [1.807, 2.05) is 0 Å². The zero-order valence-electron chi connectivity index (χ0n) is 13.5. The number of fused-ring (bicyclic) bond motifs is 3. The van der Waals surface area contributed by atoms with Gasteiger partial charge >= 0.3 is 5.97 Å². The minimum absolute atomic E-state index is 0.0866. The van der Waals surface area contributed by atoms with Crippen LogP contribution in [0.2, 0.25) is 0 Å². The number of nitrogens with zero attached hydrogens (tertiary/aromatic N) is 1. The Hall–Kier alpha value is -2.43. The molecule has 1 N–H and O–H groups in total. The van der Waals surface area contributed by atoms with Crippen LogP contribution < -0.4 is 0 Å². The summed E-state index contributed by atoms with van der Waals surface area (Å²) in [6.07, 6.45) is 3.81. The van der Waals surface area contributed by atoms with Gasteiger partial charge in [-0.2, -0.15) is 0 Å². The molecule has 4 nitrogen and oxygen atoms in total. The molecule has 1 aromatic carbocycles. The molecule has 0 spiro atoms. The number of rotatable bonds is 6. The zero-order valence-corrected chi connectivity index (χ0v) is 13.5. The summed E-state index contributed by atoms with van der Waals surface area (Å²) in [6, 6.07) is 4.55. The van der Waals surface area contributed by atoms with Gasteiger partial charge in [-0.1, -0.05) is 13.0 Å². The second-order valence-electron chi connectivity index (χ2n) is 6.27. The summed E-state index contributed by atoms with van der Waals surface area (Å²) in [5, 5.41) is 9.34. The first-order chi connectivity index (χ1) is 11.5. The van der Waals surface area contributed by atoms with E-state index in [4.69, 9.17) is 5.11 Å². The molecular formula is C19H20FNO3. The molecule has 3 rings (SSSR count). The van der Waals surface area contributed by atoms with E-state index in [0.29, 0.717) is 35.9 Å². The maximum absolute atomic E-state index is 13.7. The number of carbonyl (C=O) groups excluding carboxylic acids is 1. The van der Waals surface area contributed by atoms with Gasteiger partial charge in [-0.3, -0.25) is 9.59 Å². The fourth-order valence-electron chi connectivity index (χ4n) is 3.43. The Balaban J connectivity index is 1.91. The molecule has 1 aromatic heterocycles. The molecule has 0 aliphatic heterocycles. The number of aryl methyl sites for hydroxylation is 1. The lowest BCUT2D eigenvalue weighted by Gasteiger charge is -2.16. The number of allylic oxidation sites excluding steroid dienone is 1. The van der Waals surface area contributed by atoms with Crippen molar-refractivity contribution in [3.63, 3.8) is 0 Å². The number of benzene rings is 1. The quantitative estimate of drug-likeness (QED) is 0.641. The van der Waals surface area contributed by atoms with E-state index in [0.717, 1.165) is 30.5 Å². The summed E-state index contributed by atoms with van der Waals surface area (Å²) in [4.78, 5) is 23.1. The fourth-order valence-corrected chi connectivity index (χ4v) is 3.43. The van der Waals surface area contributed by atoms with Gasteiger partial charge in [-0.05, 0) is 49.5 Å². The van der Waals surface area contributed by atoms with E-state index < -0.39 is 5.97 Å². The molecule has 2 aromatic rings. The Bertz CT molecular complexity index is 835. The van der Waals surface area contributed by atoms with Crippen LogP contribution in [0.5, 0.6) is 0 Å². The van der Waals surface area contributed by atoms with E-state index in [1.54, 1.807) is 6.07 Å². The van der Waals surface area contributed by atoms with Crippen LogP contribution >= 0.6 is 0 Å². The van der Waals surface area contributed by atoms with Gasteiger partial charge in [0.2, 0.25) is 0 Å². The number of unbranched alkanes of at least 4 members (excludes halogenated alkanes) is 2. The number of hydrogen-bond acceptors (Lipinski definition) is 2. The summed E-state index contributed by atoms with van der Waals surface area (Å²) in [5.74, 6) is -1.22. The van der Waals surface area contributed by atoms with Crippen LogP contribution in [0, 0.1) is 5.82 Å². The van der Waals surface area contributed by atoms with Crippen molar-refractivity contribution in [1.82, 2.24) is 4.57 Å². The summed E-state index contributed by atoms with van der Waals surface area (Å²) in [7, 11) is 0. The molecule has 0 saturated carbocycles. The lowest BCUT2D eigenvalue weighted by Crippen LogP contribution is -2.15. The van der Waals surface area contributed by atoms with E-state index >= 15 is 0 Å². The number of halogens is 1. The van der Waals surface area contributed by atoms with Crippen molar-refractivity contribution in [3.8, 4) is 0 Å². The third-order valence-electron chi connectivity index (χ3n) is 4.62. The van der Waals surface area contributed by atoms with Crippen molar-refractivity contribution in [2.45, 2.75) is 45.1 Å². The molecule has 1 aliphatic rings. The van der Waals surface area contributed by atoms with Gasteiger partial charge in [0.15, 0.2) is 5.78 Å². The number of hydrogen-bond donors (Lipinski definition) is 1. The van der Waals surface area contributed by atoms with Crippen LogP contribution in [-0.2, 0) is 17.8 Å². The van der Waals surface area contributed by atoms with Crippen molar-refractivity contribution in [3.05, 3.63) is 47.4 Å². The molecule has 24 heavy (non-hydrogen) atoms. The Kier molecular flexibility index (Phi) is 4.51. The Morgan fingerprint density at radius 1 is 1.25 bits per heavy atom. The van der Waals surface area contributed by atoms with Gasteiger partial charge in [0, 0.05) is 29.6 Å². The predicted octanol–water partition coefficient (Wildman–Crippen LogP) is 4.11. The van der Waals surface area contributed by atoms with E-state index in [2.05, 4.69) is 11.1 Å². The smallest absolute Gasteiger partial charge is 0.303 e. The van der Waals surface area contributed by atoms with Crippen LogP contribution in [0.1, 0.15) is 48.2 Å². The number of carboxylic acid groups (broad SMARTS) is 1. The standard InChI is InChI=1S/C19H20FNO3/c1-12-6-8-16-18(19(12)24)14-11-13(20)7-9-15(14)21(16)10-4-2-3-5-17(22)23/h7,9,11H,1-6,8,10H2,(H,22,23). The number of carbonyl (C=O) groups is 2. The van der Waals surface area contributed by atoms with E-state index in [9.17, 15) is 14.0 Å². The van der Waals surface area contributed by atoms with Crippen LogP contribution in [0.3, 0.4) is 0 Å². The number of Topliss-reactive ketones (excluding diaryl/α,β-unsaturated/α-hetero) is 1. The third kappa shape index (κ3) is 2.98. The van der Waals surface area contributed by atoms with Crippen molar-refractivity contribution in [2.75, 3.05) is 0 Å². The second kappa shape index (κ2) is 6.59. The van der Waals surface area contributed by atoms with Crippen molar-refractivity contribution >= 4 is 22.7 Å². The topological polar surface area (TPSA) is 59.3 Å². The molecule has 0 fully saturated rings. The molecule has 0 unspecified atom stereocenters. The van der Waals surface area contributed by atoms with Crippen LogP contribution in [0.15, 0.2) is 30.4 Å².